The van der Waals surface area contributed by atoms with Gasteiger partial charge in [0.15, 0.2) is 0 Å². The molecule has 0 spiro atoms. The standard InChI is InChI=1S/C13H17F3N2S/c14-13(15,16)19-12-7-2-1-5-11(12)18-10-6-3-4-9(10)8-17/h1-2,5,7,9-10,18H,3-4,6,8,17H2. The number of rotatable bonds is 4. The second-order valence-corrected chi connectivity index (χ2v) is 5.83. The van der Waals surface area contributed by atoms with Crippen LogP contribution in [-0.4, -0.2) is 18.1 Å². The number of nitrogens with two attached hydrogens (primary N) is 1. The van der Waals surface area contributed by atoms with Crippen LogP contribution in [0.2, 0.25) is 0 Å². The molecular weight excluding hydrogens is 273 g/mol. The zero-order valence-electron chi connectivity index (χ0n) is 10.4. The molecule has 0 radical (unpaired) electrons. The Morgan fingerprint density at radius 3 is 2.68 bits per heavy atom. The Bertz CT molecular complexity index is 423. The number of anilines is 1. The van der Waals surface area contributed by atoms with Gasteiger partial charge in [0, 0.05) is 16.6 Å². The molecule has 0 aliphatic heterocycles. The highest BCUT2D eigenvalue weighted by molar-refractivity contribution is 8.00. The molecule has 19 heavy (non-hydrogen) atoms. The molecule has 0 amide bonds. The lowest BCUT2D eigenvalue weighted by atomic mass is 10.0. The van der Waals surface area contributed by atoms with E-state index in [1.807, 2.05) is 0 Å². The van der Waals surface area contributed by atoms with Crippen LogP contribution in [-0.2, 0) is 0 Å². The zero-order valence-corrected chi connectivity index (χ0v) is 11.2. The van der Waals surface area contributed by atoms with Crippen molar-refractivity contribution in [3.8, 4) is 0 Å². The molecule has 2 rings (SSSR count). The number of hydrogen-bond acceptors (Lipinski definition) is 3. The Morgan fingerprint density at radius 2 is 2.00 bits per heavy atom. The van der Waals surface area contributed by atoms with Gasteiger partial charge in [-0.15, -0.1) is 0 Å². The van der Waals surface area contributed by atoms with Crippen molar-refractivity contribution >= 4 is 17.4 Å². The smallest absolute Gasteiger partial charge is 0.381 e. The minimum absolute atomic E-state index is 0.0742. The van der Waals surface area contributed by atoms with E-state index in [9.17, 15) is 13.2 Å². The summed E-state index contributed by atoms with van der Waals surface area (Å²) in [4.78, 5) is 0.220. The summed E-state index contributed by atoms with van der Waals surface area (Å²) in [6.07, 6.45) is 3.09. The van der Waals surface area contributed by atoms with E-state index in [1.54, 1.807) is 18.2 Å². The van der Waals surface area contributed by atoms with E-state index in [4.69, 9.17) is 5.73 Å². The molecule has 0 saturated heterocycles. The third-order valence-electron chi connectivity index (χ3n) is 3.42. The third kappa shape index (κ3) is 4.04. The molecule has 1 aliphatic carbocycles. The van der Waals surface area contributed by atoms with Crippen molar-refractivity contribution in [3.05, 3.63) is 24.3 Å². The summed E-state index contributed by atoms with van der Waals surface area (Å²) < 4.78 is 37.5. The van der Waals surface area contributed by atoms with E-state index >= 15 is 0 Å². The van der Waals surface area contributed by atoms with Crippen molar-refractivity contribution in [3.63, 3.8) is 0 Å². The third-order valence-corrected chi connectivity index (χ3v) is 4.22. The first kappa shape index (κ1) is 14.5. The normalized spacial score (nSPS) is 23.6. The average Bonchev–Trinajstić information content (AvgIpc) is 2.77. The van der Waals surface area contributed by atoms with Gasteiger partial charge in [0.1, 0.15) is 0 Å². The molecule has 3 N–H and O–H groups in total. The van der Waals surface area contributed by atoms with Crippen LogP contribution in [0, 0.1) is 5.92 Å². The lowest BCUT2D eigenvalue weighted by Crippen LogP contribution is -2.29. The molecule has 1 aromatic carbocycles. The lowest BCUT2D eigenvalue weighted by molar-refractivity contribution is -0.0327. The number of nitrogens with one attached hydrogen (secondary N) is 1. The minimum atomic E-state index is -4.26. The molecule has 1 aromatic rings. The Kier molecular flexibility index (Phi) is 4.62. The Labute approximate surface area is 114 Å². The van der Waals surface area contributed by atoms with Crippen LogP contribution >= 0.6 is 11.8 Å². The molecule has 0 aromatic heterocycles. The van der Waals surface area contributed by atoms with E-state index in [0.717, 1.165) is 19.3 Å². The lowest BCUT2D eigenvalue weighted by Gasteiger charge is -2.22. The van der Waals surface area contributed by atoms with Crippen LogP contribution in [0.25, 0.3) is 0 Å². The first-order chi connectivity index (χ1) is 8.99. The quantitative estimate of drug-likeness (QED) is 0.827. The van der Waals surface area contributed by atoms with Gasteiger partial charge < -0.3 is 11.1 Å². The number of benzene rings is 1. The Hall–Kier alpha value is -0.880. The van der Waals surface area contributed by atoms with Gasteiger partial charge in [-0.05, 0) is 49.2 Å². The molecular formula is C13H17F3N2S. The number of halogens is 3. The van der Waals surface area contributed by atoms with Crippen molar-refractivity contribution in [1.82, 2.24) is 0 Å². The largest absolute Gasteiger partial charge is 0.446 e. The first-order valence-corrected chi connectivity index (χ1v) is 7.12. The maximum Gasteiger partial charge on any atom is 0.446 e. The summed E-state index contributed by atoms with van der Waals surface area (Å²) in [5, 5.41) is 3.23. The molecule has 2 atom stereocenters. The van der Waals surface area contributed by atoms with Crippen molar-refractivity contribution in [2.75, 3.05) is 11.9 Å². The first-order valence-electron chi connectivity index (χ1n) is 6.31. The fraction of sp³-hybridized carbons (Fsp3) is 0.538. The highest BCUT2D eigenvalue weighted by Crippen LogP contribution is 2.41. The highest BCUT2D eigenvalue weighted by Gasteiger charge is 2.31. The Balaban J connectivity index is 2.11. The van der Waals surface area contributed by atoms with Crippen LogP contribution in [0.4, 0.5) is 18.9 Å². The molecule has 0 heterocycles. The molecule has 2 unspecified atom stereocenters. The summed E-state index contributed by atoms with van der Waals surface area (Å²) in [7, 11) is 0. The molecule has 1 fully saturated rings. The van der Waals surface area contributed by atoms with Crippen LogP contribution in [0.15, 0.2) is 29.2 Å². The molecule has 2 nitrogen and oxygen atoms in total. The molecule has 1 aliphatic rings. The van der Waals surface area contributed by atoms with E-state index in [0.29, 0.717) is 18.2 Å². The van der Waals surface area contributed by atoms with Gasteiger partial charge in [0.2, 0.25) is 0 Å². The maximum absolute atomic E-state index is 12.5. The fourth-order valence-electron chi connectivity index (χ4n) is 2.51. The predicted octanol–water partition coefficient (Wildman–Crippen LogP) is 3.84. The van der Waals surface area contributed by atoms with Crippen LogP contribution in [0.3, 0.4) is 0 Å². The Morgan fingerprint density at radius 1 is 1.26 bits per heavy atom. The molecule has 1 saturated carbocycles. The van der Waals surface area contributed by atoms with Crippen molar-refractivity contribution < 1.29 is 13.2 Å². The minimum Gasteiger partial charge on any atom is -0.381 e. The SMILES string of the molecule is NCC1CCCC1Nc1ccccc1SC(F)(F)F. The van der Waals surface area contributed by atoms with Gasteiger partial charge in [0.25, 0.3) is 0 Å². The van der Waals surface area contributed by atoms with Gasteiger partial charge in [-0.2, -0.15) is 13.2 Å². The summed E-state index contributed by atoms with van der Waals surface area (Å²) in [6.45, 7) is 0.576. The molecule has 0 bridgehead atoms. The summed E-state index contributed by atoms with van der Waals surface area (Å²) in [5.74, 6) is 0.351. The van der Waals surface area contributed by atoms with E-state index < -0.39 is 5.51 Å². The highest BCUT2D eigenvalue weighted by atomic mass is 32.2. The van der Waals surface area contributed by atoms with Crippen molar-refractivity contribution in [2.24, 2.45) is 11.7 Å². The van der Waals surface area contributed by atoms with E-state index in [2.05, 4.69) is 5.32 Å². The van der Waals surface area contributed by atoms with E-state index in [1.165, 1.54) is 6.07 Å². The number of alkyl halides is 3. The number of hydrogen-bond donors (Lipinski definition) is 2. The second kappa shape index (κ2) is 6.05. The fourth-order valence-corrected chi connectivity index (χ4v) is 3.14. The topological polar surface area (TPSA) is 38.0 Å². The van der Waals surface area contributed by atoms with Gasteiger partial charge in [-0.1, -0.05) is 18.6 Å². The maximum atomic E-state index is 12.5. The van der Waals surface area contributed by atoms with Crippen LogP contribution < -0.4 is 11.1 Å². The van der Waals surface area contributed by atoms with Gasteiger partial charge in [0.05, 0.1) is 0 Å². The number of thioether (sulfide) groups is 1. The summed E-state index contributed by atoms with van der Waals surface area (Å²) in [6, 6.07) is 6.73. The second-order valence-electron chi connectivity index (χ2n) is 4.72. The van der Waals surface area contributed by atoms with Gasteiger partial charge >= 0.3 is 5.51 Å². The predicted molar refractivity (Wildman–Crippen MR) is 72.2 cm³/mol. The number of para-hydroxylation sites is 1. The molecule has 106 valence electrons. The van der Waals surface area contributed by atoms with Crippen LogP contribution in [0.5, 0.6) is 0 Å². The molecule has 6 heteroatoms. The summed E-state index contributed by atoms with van der Waals surface area (Å²) in [5.41, 5.74) is 1.98. The zero-order chi connectivity index (χ0) is 13.9. The van der Waals surface area contributed by atoms with Gasteiger partial charge in [-0.3, -0.25) is 0 Å². The average molecular weight is 290 g/mol. The monoisotopic (exact) mass is 290 g/mol. The van der Waals surface area contributed by atoms with Gasteiger partial charge in [-0.25, -0.2) is 0 Å². The van der Waals surface area contributed by atoms with Crippen molar-refractivity contribution in [2.45, 2.75) is 35.7 Å². The van der Waals surface area contributed by atoms with Crippen molar-refractivity contribution in [1.29, 1.82) is 0 Å². The van der Waals surface area contributed by atoms with E-state index in [-0.39, 0.29) is 22.7 Å². The summed E-state index contributed by atoms with van der Waals surface area (Å²) >= 11 is -0.0742. The van der Waals surface area contributed by atoms with Crippen LogP contribution in [0.1, 0.15) is 19.3 Å².